The van der Waals surface area contributed by atoms with Crippen molar-refractivity contribution in [1.29, 1.82) is 0 Å². The molecule has 13 heteroatoms. The summed E-state index contributed by atoms with van der Waals surface area (Å²) in [5.41, 5.74) is 5.51. The van der Waals surface area contributed by atoms with Crippen molar-refractivity contribution in [2.24, 2.45) is 11.7 Å². The molecular weight excluding hydrogens is 432 g/mol. The predicted octanol–water partition coefficient (Wildman–Crippen LogP) is -1.88. The number of hydrogen-bond acceptors (Lipinski definition) is 8. The van der Waals surface area contributed by atoms with Gasteiger partial charge in [-0.15, -0.1) is 0 Å². The van der Waals surface area contributed by atoms with Crippen LogP contribution in [0.2, 0.25) is 0 Å². The number of aliphatic carboxylic acids is 2. The third-order valence-electron chi connectivity index (χ3n) is 4.27. The van der Waals surface area contributed by atoms with Gasteiger partial charge in [-0.2, -0.15) is 11.8 Å². The molecule has 0 aliphatic heterocycles. The zero-order chi connectivity index (χ0) is 24.3. The van der Waals surface area contributed by atoms with E-state index in [0.29, 0.717) is 5.75 Å². The number of nitrogens with two attached hydrogens (primary N) is 1. The van der Waals surface area contributed by atoms with Crippen LogP contribution in [0, 0.1) is 5.92 Å². The maximum absolute atomic E-state index is 12.7. The molecule has 5 atom stereocenters. The van der Waals surface area contributed by atoms with Crippen LogP contribution >= 0.6 is 11.8 Å². The van der Waals surface area contributed by atoms with Crippen LogP contribution in [0.4, 0.5) is 0 Å². The summed E-state index contributed by atoms with van der Waals surface area (Å²) in [5, 5.41) is 34.9. The molecule has 3 amide bonds. The van der Waals surface area contributed by atoms with Crippen molar-refractivity contribution >= 4 is 41.4 Å². The molecule has 12 nitrogen and oxygen atoms in total. The summed E-state index contributed by atoms with van der Waals surface area (Å²) in [7, 11) is 0. The molecular formula is C18H32N4O8S. The van der Waals surface area contributed by atoms with Crippen LogP contribution in [0.3, 0.4) is 0 Å². The third-order valence-corrected chi connectivity index (χ3v) is 4.91. The molecule has 0 aliphatic carbocycles. The highest BCUT2D eigenvalue weighted by molar-refractivity contribution is 7.98. The van der Waals surface area contributed by atoms with Crippen molar-refractivity contribution in [2.75, 3.05) is 12.0 Å². The normalized spacial score (nSPS) is 15.8. The van der Waals surface area contributed by atoms with Gasteiger partial charge in [-0.3, -0.25) is 19.2 Å². The number of carbonyl (C=O) groups is 5. The Hall–Kier alpha value is -2.38. The molecule has 0 saturated carbocycles. The number of rotatable bonds is 14. The first-order valence-corrected chi connectivity index (χ1v) is 11.0. The van der Waals surface area contributed by atoms with E-state index in [-0.39, 0.29) is 6.42 Å². The first-order chi connectivity index (χ1) is 14.3. The van der Waals surface area contributed by atoms with Crippen molar-refractivity contribution in [3.63, 3.8) is 0 Å². The highest BCUT2D eigenvalue weighted by Crippen LogP contribution is 2.06. The fourth-order valence-corrected chi connectivity index (χ4v) is 2.95. The lowest BCUT2D eigenvalue weighted by molar-refractivity contribution is -0.144. The van der Waals surface area contributed by atoms with E-state index in [4.69, 9.17) is 10.8 Å². The molecule has 0 aliphatic rings. The Morgan fingerprint density at radius 3 is 1.87 bits per heavy atom. The summed E-state index contributed by atoms with van der Waals surface area (Å²) < 4.78 is 0. The lowest BCUT2D eigenvalue weighted by Crippen LogP contribution is -2.60. The smallest absolute Gasteiger partial charge is 0.326 e. The minimum atomic E-state index is -1.48. The molecule has 0 radical (unpaired) electrons. The van der Waals surface area contributed by atoms with E-state index in [2.05, 4.69) is 16.0 Å². The Bertz CT molecular complexity index is 658. The standard InChI is InChI=1S/C18H32N4O8S/c1-8(2)13(18(29)30)21-17(28)14(9(3)23)22-16(27)11(5-6-31-4)20-15(26)10(19)7-12(24)25/h8-11,13-14,23H,5-7,19H2,1-4H3,(H,20,26)(H,21,28)(H,22,27)(H,24,25)(H,29,30). The molecule has 0 spiro atoms. The van der Waals surface area contributed by atoms with Crippen molar-refractivity contribution in [1.82, 2.24) is 16.0 Å². The number of hydrogen-bond donors (Lipinski definition) is 7. The highest BCUT2D eigenvalue weighted by atomic mass is 32.2. The zero-order valence-electron chi connectivity index (χ0n) is 18.0. The largest absolute Gasteiger partial charge is 0.481 e. The number of amides is 3. The summed E-state index contributed by atoms with van der Waals surface area (Å²) in [6.07, 6.45) is -0.0719. The molecule has 31 heavy (non-hydrogen) atoms. The van der Waals surface area contributed by atoms with Gasteiger partial charge in [-0.25, -0.2) is 4.79 Å². The maximum Gasteiger partial charge on any atom is 0.326 e. The fourth-order valence-electron chi connectivity index (χ4n) is 2.48. The van der Waals surface area contributed by atoms with Gasteiger partial charge in [0.1, 0.15) is 18.1 Å². The molecule has 5 unspecified atom stereocenters. The van der Waals surface area contributed by atoms with Gasteiger partial charge in [0.25, 0.3) is 0 Å². The third kappa shape index (κ3) is 10.5. The van der Waals surface area contributed by atoms with Gasteiger partial charge in [-0.05, 0) is 31.3 Å². The summed E-state index contributed by atoms with van der Waals surface area (Å²) in [6, 6.07) is -5.23. The Morgan fingerprint density at radius 1 is 0.903 bits per heavy atom. The molecule has 0 heterocycles. The number of thioether (sulfide) groups is 1. The average Bonchev–Trinajstić information content (AvgIpc) is 2.65. The summed E-state index contributed by atoms with van der Waals surface area (Å²) in [4.78, 5) is 59.4. The number of carboxylic acid groups (broad SMARTS) is 2. The van der Waals surface area contributed by atoms with Gasteiger partial charge in [0.15, 0.2) is 0 Å². The monoisotopic (exact) mass is 464 g/mol. The van der Waals surface area contributed by atoms with Crippen LogP contribution in [0.15, 0.2) is 0 Å². The Morgan fingerprint density at radius 2 is 1.45 bits per heavy atom. The van der Waals surface area contributed by atoms with Gasteiger partial charge in [0.2, 0.25) is 17.7 Å². The van der Waals surface area contributed by atoms with Gasteiger partial charge in [0.05, 0.1) is 18.6 Å². The van der Waals surface area contributed by atoms with E-state index < -0.39 is 72.3 Å². The summed E-state index contributed by atoms with van der Waals surface area (Å²) in [6.45, 7) is 4.42. The maximum atomic E-state index is 12.7. The molecule has 0 fully saturated rings. The minimum Gasteiger partial charge on any atom is -0.481 e. The van der Waals surface area contributed by atoms with Gasteiger partial charge in [-0.1, -0.05) is 13.8 Å². The molecule has 8 N–H and O–H groups in total. The lowest BCUT2D eigenvalue weighted by atomic mass is 10.0. The second kappa shape index (κ2) is 13.8. The Balaban J connectivity index is 5.38. The van der Waals surface area contributed by atoms with Crippen LogP contribution in [0.1, 0.15) is 33.6 Å². The SMILES string of the molecule is CSCCC(NC(=O)C(N)CC(=O)O)C(=O)NC(C(=O)NC(C(=O)O)C(C)C)C(C)O. The second-order valence-electron chi connectivity index (χ2n) is 7.34. The lowest BCUT2D eigenvalue weighted by Gasteiger charge is -2.27. The van der Waals surface area contributed by atoms with Crippen molar-refractivity contribution < 1.29 is 39.3 Å². The van der Waals surface area contributed by atoms with Crippen molar-refractivity contribution in [3.05, 3.63) is 0 Å². The van der Waals surface area contributed by atoms with E-state index in [1.807, 2.05) is 0 Å². The van der Waals surface area contributed by atoms with E-state index in [1.54, 1.807) is 20.1 Å². The quantitative estimate of drug-likeness (QED) is 0.152. The van der Waals surface area contributed by atoms with Gasteiger partial charge in [0, 0.05) is 0 Å². The number of aliphatic hydroxyl groups excluding tert-OH is 1. The van der Waals surface area contributed by atoms with Gasteiger partial charge < -0.3 is 37.0 Å². The number of carboxylic acids is 2. The number of aliphatic hydroxyl groups is 1. The molecule has 178 valence electrons. The van der Waals surface area contributed by atoms with Crippen molar-refractivity contribution in [3.8, 4) is 0 Å². The Kier molecular flexibility index (Phi) is 12.8. The minimum absolute atomic E-state index is 0.149. The van der Waals surface area contributed by atoms with Crippen LogP contribution in [-0.4, -0.2) is 87.3 Å². The molecule has 0 bridgehead atoms. The van der Waals surface area contributed by atoms with E-state index in [0.717, 1.165) is 0 Å². The molecule has 0 aromatic heterocycles. The highest BCUT2D eigenvalue weighted by Gasteiger charge is 2.33. The molecule has 0 rings (SSSR count). The zero-order valence-corrected chi connectivity index (χ0v) is 18.8. The second-order valence-corrected chi connectivity index (χ2v) is 8.33. The first-order valence-electron chi connectivity index (χ1n) is 9.60. The van der Waals surface area contributed by atoms with Gasteiger partial charge >= 0.3 is 11.9 Å². The average molecular weight is 465 g/mol. The summed E-state index contributed by atoms with van der Waals surface area (Å²) in [5.74, 6) is -5.10. The van der Waals surface area contributed by atoms with Crippen LogP contribution in [0.5, 0.6) is 0 Å². The molecule has 0 aromatic carbocycles. The van der Waals surface area contributed by atoms with Crippen molar-refractivity contribution in [2.45, 2.75) is 63.9 Å². The molecule has 0 saturated heterocycles. The number of carbonyl (C=O) groups excluding carboxylic acids is 3. The van der Waals surface area contributed by atoms with E-state index >= 15 is 0 Å². The van der Waals surface area contributed by atoms with Crippen LogP contribution in [0.25, 0.3) is 0 Å². The Labute approximate surface area is 184 Å². The first kappa shape index (κ1) is 28.6. The van der Waals surface area contributed by atoms with Crippen LogP contribution < -0.4 is 21.7 Å². The van der Waals surface area contributed by atoms with E-state index in [1.165, 1.54) is 18.7 Å². The van der Waals surface area contributed by atoms with E-state index in [9.17, 15) is 34.2 Å². The van der Waals surface area contributed by atoms with Crippen LogP contribution in [-0.2, 0) is 24.0 Å². The topological polar surface area (TPSA) is 208 Å². The molecule has 0 aromatic rings. The fraction of sp³-hybridized carbons (Fsp3) is 0.722. The predicted molar refractivity (Wildman–Crippen MR) is 113 cm³/mol. The summed E-state index contributed by atoms with van der Waals surface area (Å²) >= 11 is 1.39. The number of nitrogens with one attached hydrogen (secondary N) is 3.